The molecule has 0 saturated heterocycles. The van der Waals surface area contributed by atoms with Crippen LogP contribution in [0.1, 0.15) is 6.42 Å². The van der Waals surface area contributed by atoms with Gasteiger partial charge in [0.1, 0.15) is 6.04 Å². The number of urea groups is 1. The maximum atomic E-state index is 11.7. The average Bonchev–Trinajstić information content (AvgIpc) is 2.37. The number of thioether (sulfide) groups is 1. The highest BCUT2D eigenvalue weighted by molar-refractivity contribution is 9.10. The molecule has 1 unspecified atom stereocenters. The Balaban J connectivity index is 2.58. The summed E-state index contributed by atoms with van der Waals surface area (Å²) in [6.45, 7) is 0. The van der Waals surface area contributed by atoms with Crippen LogP contribution in [0.3, 0.4) is 0 Å². The number of rotatable bonds is 6. The molecule has 0 aliphatic carbocycles. The summed E-state index contributed by atoms with van der Waals surface area (Å²) in [5.41, 5.74) is 0.592. The van der Waals surface area contributed by atoms with Crippen molar-refractivity contribution in [2.24, 2.45) is 0 Å². The standard InChI is InChI=1S/C12H15BrN2O3S/c1-19-7-6-10(11(16)17)15-12(18)14-9-5-3-2-4-8(9)13/h2-5,10H,6-7H2,1H3,(H,16,17)(H2,14,15,18). The van der Waals surface area contributed by atoms with Crippen molar-refractivity contribution in [2.75, 3.05) is 17.3 Å². The molecule has 104 valence electrons. The van der Waals surface area contributed by atoms with Crippen LogP contribution in [0.25, 0.3) is 0 Å². The number of hydrogen-bond acceptors (Lipinski definition) is 3. The van der Waals surface area contributed by atoms with Crippen molar-refractivity contribution < 1.29 is 14.7 Å². The van der Waals surface area contributed by atoms with E-state index in [-0.39, 0.29) is 0 Å². The fraction of sp³-hybridized carbons (Fsp3) is 0.333. The highest BCUT2D eigenvalue weighted by Crippen LogP contribution is 2.20. The number of halogens is 1. The molecule has 19 heavy (non-hydrogen) atoms. The highest BCUT2D eigenvalue weighted by Gasteiger charge is 2.19. The minimum absolute atomic E-state index is 0.389. The summed E-state index contributed by atoms with van der Waals surface area (Å²) in [6.07, 6.45) is 2.28. The van der Waals surface area contributed by atoms with Gasteiger partial charge >= 0.3 is 12.0 Å². The van der Waals surface area contributed by atoms with Gasteiger partial charge in [0.05, 0.1) is 5.69 Å². The summed E-state index contributed by atoms with van der Waals surface area (Å²) in [6, 6.07) is 5.71. The van der Waals surface area contributed by atoms with Crippen molar-refractivity contribution in [3.05, 3.63) is 28.7 Å². The molecular weight excluding hydrogens is 332 g/mol. The summed E-state index contributed by atoms with van der Waals surface area (Å²) in [7, 11) is 0. The van der Waals surface area contributed by atoms with Crippen LogP contribution in [0.15, 0.2) is 28.7 Å². The minimum atomic E-state index is -1.03. The lowest BCUT2D eigenvalue weighted by molar-refractivity contribution is -0.139. The lowest BCUT2D eigenvalue weighted by Crippen LogP contribution is -2.43. The van der Waals surface area contributed by atoms with E-state index in [1.54, 1.807) is 18.2 Å². The van der Waals surface area contributed by atoms with Crippen molar-refractivity contribution in [3.63, 3.8) is 0 Å². The molecule has 5 nitrogen and oxygen atoms in total. The number of carboxylic acids is 1. The summed E-state index contributed by atoms with van der Waals surface area (Å²) in [4.78, 5) is 22.7. The van der Waals surface area contributed by atoms with Gasteiger partial charge in [-0.15, -0.1) is 0 Å². The number of para-hydroxylation sites is 1. The molecule has 0 radical (unpaired) electrons. The summed E-state index contributed by atoms with van der Waals surface area (Å²) in [5, 5.41) is 14.1. The number of aliphatic carboxylic acids is 1. The molecule has 1 rings (SSSR count). The first-order chi connectivity index (χ1) is 9.04. The number of anilines is 1. The average molecular weight is 347 g/mol. The molecule has 1 atom stereocenters. The van der Waals surface area contributed by atoms with Gasteiger partial charge in [-0.25, -0.2) is 9.59 Å². The molecule has 0 spiro atoms. The van der Waals surface area contributed by atoms with Gasteiger partial charge in [0.2, 0.25) is 0 Å². The maximum Gasteiger partial charge on any atom is 0.326 e. The van der Waals surface area contributed by atoms with Gasteiger partial charge in [-0.2, -0.15) is 11.8 Å². The Morgan fingerprint density at radius 1 is 1.42 bits per heavy atom. The number of hydrogen-bond donors (Lipinski definition) is 3. The van der Waals surface area contributed by atoms with E-state index in [1.807, 2.05) is 12.3 Å². The van der Waals surface area contributed by atoms with E-state index in [2.05, 4.69) is 26.6 Å². The van der Waals surface area contributed by atoms with Crippen LogP contribution in [-0.4, -0.2) is 35.2 Å². The van der Waals surface area contributed by atoms with Gasteiger partial charge < -0.3 is 15.7 Å². The van der Waals surface area contributed by atoms with E-state index in [4.69, 9.17) is 5.11 Å². The van der Waals surface area contributed by atoms with Crippen molar-refractivity contribution in [1.82, 2.24) is 5.32 Å². The minimum Gasteiger partial charge on any atom is -0.480 e. The third-order valence-electron chi connectivity index (χ3n) is 2.34. The smallest absolute Gasteiger partial charge is 0.326 e. The molecule has 7 heteroatoms. The van der Waals surface area contributed by atoms with Gasteiger partial charge in [0, 0.05) is 4.47 Å². The Labute approximate surface area is 124 Å². The molecule has 0 aromatic heterocycles. The number of nitrogens with one attached hydrogen (secondary N) is 2. The Morgan fingerprint density at radius 2 is 2.11 bits per heavy atom. The number of carbonyl (C=O) groups is 2. The van der Waals surface area contributed by atoms with Crippen molar-refractivity contribution in [3.8, 4) is 0 Å². The van der Waals surface area contributed by atoms with Gasteiger partial charge in [0.25, 0.3) is 0 Å². The van der Waals surface area contributed by atoms with E-state index in [1.165, 1.54) is 11.8 Å². The summed E-state index contributed by atoms with van der Waals surface area (Å²) < 4.78 is 0.737. The van der Waals surface area contributed by atoms with Gasteiger partial charge in [0.15, 0.2) is 0 Å². The Bertz CT molecular complexity index is 456. The second-order valence-electron chi connectivity index (χ2n) is 3.75. The second kappa shape index (κ2) is 8.06. The molecule has 0 aliphatic rings. The van der Waals surface area contributed by atoms with Crippen LogP contribution in [0.5, 0.6) is 0 Å². The predicted octanol–water partition coefficient (Wildman–Crippen LogP) is 2.78. The number of amides is 2. The Morgan fingerprint density at radius 3 is 2.68 bits per heavy atom. The largest absolute Gasteiger partial charge is 0.480 e. The lowest BCUT2D eigenvalue weighted by Gasteiger charge is -2.15. The Hall–Kier alpha value is -1.21. The zero-order valence-electron chi connectivity index (χ0n) is 10.4. The van der Waals surface area contributed by atoms with E-state index in [9.17, 15) is 9.59 Å². The lowest BCUT2D eigenvalue weighted by atomic mass is 10.2. The van der Waals surface area contributed by atoms with E-state index < -0.39 is 18.0 Å². The van der Waals surface area contributed by atoms with Gasteiger partial charge in [-0.3, -0.25) is 0 Å². The van der Waals surface area contributed by atoms with E-state index in [0.29, 0.717) is 17.9 Å². The second-order valence-corrected chi connectivity index (χ2v) is 5.59. The fourth-order valence-electron chi connectivity index (χ4n) is 1.37. The van der Waals surface area contributed by atoms with Crippen LogP contribution >= 0.6 is 27.7 Å². The molecule has 0 fully saturated rings. The predicted molar refractivity (Wildman–Crippen MR) is 80.7 cm³/mol. The first-order valence-electron chi connectivity index (χ1n) is 5.58. The third kappa shape index (κ3) is 5.52. The van der Waals surface area contributed by atoms with Crippen LogP contribution in [0.2, 0.25) is 0 Å². The third-order valence-corrected chi connectivity index (χ3v) is 3.67. The van der Waals surface area contributed by atoms with Crippen LogP contribution in [-0.2, 0) is 4.79 Å². The topological polar surface area (TPSA) is 78.4 Å². The van der Waals surface area contributed by atoms with Crippen LogP contribution < -0.4 is 10.6 Å². The molecular formula is C12H15BrN2O3S. The first-order valence-corrected chi connectivity index (χ1v) is 7.77. The zero-order valence-corrected chi connectivity index (χ0v) is 12.8. The van der Waals surface area contributed by atoms with Gasteiger partial charge in [-0.05, 0) is 46.5 Å². The molecule has 0 heterocycles. The molecule has 3 N–H and O–H groups in total. The quantitative estimate of drug-likeness (QED) is 0.739. The summed E-state index contributed by atoms with van der Waals surface area (Å²) in [5.74, 6) is -0.358. The number of carboxylic acid groups (broad SMARTS) is 1. The highest BCUT2D eigenvalue weighted by atomic mass is 79.9. The van der Waals surface area contributed by atoms with Crippen LogP contribution in [0, 0.1) is 0 Å². The van der Waals surface area contributed by atoms with E-state index >= 15 is 0 Å². The molecule has 1 aromatic carbocycles. The number of benzene rings is 1. The fourth-order valence-corrected chi connectivity index (χ4v) is 2.23. The van der Waals surface area contributed by atoms with Gasteiger partial charge in [-0.1, -0.05) is 12.1 Å². The normalized spacial score (nSPS) is 11.7. The van der Waals surface area contributed by atoms with E-state index in [0.717, 1.165) is 4.47 Å². The number of carbonyl (C=O) groups excluding carboxylic acids is 1. The first kappa shape index (κ1) is 15.8. The molecule has 0 aliphatic heterocycles. The van der Waals surface area contributed by atoms with Crippen molar-refractivity contribution in [2.45, 2.75) is 12.5 Å². The molecule has 1 aromatic rings. The molecule has 2 amide bonds. The monoisotopic (exact) mass is 346 g/mol. The van der Waals surface area contributed by atoms with Crippen molar-refractivity contribution >= 4 is 45.4 Å². The molecule has 0 saturated carbocycles. The van der Waals surface area contributed by atoms with Crippen molar-refractivity contribution in [1.29, 1.82) is 0 Å². The van der Waals surface area contributed by atoms with Crippen LogP contribution in [0.4, 0.5) is 10.5 Å². The molecule has 0 bridgehead atoms. The SMILES string of the molecule is CSCCC(NC(=O)Nc1ccccc1Br)C(=O)O. The maximum absolute atomic E-state index is 11.7. The Kier molecular flexibility index (Phi) is 6.72. The summed E-state index contributed by atoms with van der Waals surface area (Å²) >= 11 is 4.84. The zero-order chi connectivity index (χ0) is 14.3.